The number of sulfonamides is 1. The van der Waals surface area contributed by atoms with E-state index in [9.17, 15) is 26.7 Å². The molecule has 23 heavy (non-hydrogen) atoms. The van der Waals surface area contributed by atoms with Gasteiger partial charge in [0.15, 0.2) is 0 Å². The van der Waals surface area contributed by atoms with Gasteiger partial charge in [0.05, 0.1) is 16.6 Å². The van der Waals surface area contributed by atoms with Gasteiger partial charge in [0.25, 0.3) is 0 Å². The Morgan fingerprint density at radius 1 is 1.26 bits per heavy atom. The molecular weight excluding hydrogens is 357 g/mol. The molecule has 2 atom stereocenters. The third-order valence-corrected chi connectivity index (χ3v) is 5.06. The molecule has 3 N–H and O–H groups in total. The van der Waals surface area contributed by atoms with Gasteiger partial charge >= 0.3 is 6.18 Å². The molecule has 2 rings (SSSR count). The van der Waals surface area contributed by atoms with Gasteiger partial charge in [-0.15, -0.1) is 12.4 Å². The second-order valence-corrected chi connectivity index (χ2v) is 6.96. The first-order chi connectivity index (χ1) is 10.2. The average Bonchev–Trinajstić information content (AvgIpc) is 2.46. The third kappa shape index (κ3) is 5.32. The molecule has 1 aliphatic heterocycles. The van der Waals surface area contributed by atoms with E-state index in [0.29, 0.717) is 19.5 Å². The van der Waals surface area contributed by atoms with E-state index in [2.05, 4.69) is 10.0 Å². The van der Waals surface area contributed by atoms with Gasteiger partial charge in [-0.25, -0.2) is 13.1 Å². The van der Waals surface area contributed by atoms with E-state index in [1.54, 1.807) is 0 Å². The fraction of sp³-hybridized carbons (Fsp3) is 0.538. The second kappa shape index (κ2) is 7.80. The van der Waals surface area contributed by atoms with E-state index >= 15 is 0 Å². The van der Waals surface area contributed by atoms with E-state index in [4.69, 9.17) is 0 Å². The first kappa shape index (κ1) is 20.2. The summed E-state index contributed by atoms with van der Waals surface area (Å²) < 4.78 is 63.8. The monoisotopic (exact) mass is 374 g/mol. The van der Waals surface area contributed by atoms with Crippen LogP contribution in [-0.4, -0.2) is 39.3 Å². The highest BCUT2D eigenvalue weighted by Gasteiger charge is 2.31. The number of hydrogen-bond acceptors (Lipinski definition) is 4. The summed E-state index contributed by atoms with van der Waals surface area (Å²) in [6.45, 7) is 1.13. The van der Waals surface area contributed by atoms with Crippen LogP contribution in [0.1, 0.15) is 12.0 Å². The normalized spacial score (nSPS) is 22.4. The summed E-state index contributed by atoms with van der Waals surface area (Å²) in [5.74, 6) is -0.217. The van der Waals surface area contributed by atoms with E-state index in [1.807, 2.05) is 0 Å². The minimum Gasteiger partial charge on any atom is -0.391 e. The van der Waals surface area contributed by atoms with Gasteiger partial charge in [-0.05, 0) is 37.2 Å². The first-order valence-corrected chi connectivity index (χ1v) is 8.24. The zero-order valence-electron chi connectivity index (χ0n) is 12.0. The highest BCUT2D eigenvalue weighted by Crippen LogP contribution is 2.29. The second-order valence-electron chi connectivity index (χ2n) is 5.19. The van der Waals surface area contributed by atoms with Crippen molar-refractivity contribution in [3.8, 4) is 0 Å². The molecule has 1 aromatic rings. The van der Waals surface area contributed by atoms with Crippen molar-refractivity contribution in [2.75, 3.05) is 19.6 Å². The maximum Gasteiger partial charge on any atom is 0.416 e. The Kier molecular flexibility index (Phi) is 6.84. The molecule has 0 aliphatic carbocycles. The number of hydrogen-bond donors (Lipinski definition) is 3. The molecular formula is C13H18ClF3N2O3S. The molecule has 1 aliphatic rings. The van der Waals surface area contributed by atoms with Crippen LogP contribution in [0, 0.1) is 5.92 Å². The Balaban J connectivity index is 0.00000264. The predicted octanol–water partition coefficient (Wildman–Crippen LogP) is 1.38. The maximum atomic E-state index is 12.5. The summed E-state index contributed by atoms with van der Waals surface area (Å²) in [5.41, 5.74) is -0.903. The van der Waals surface area contributed by atoms with Crippen molar-refractivity contribution in [2.24, 2.45) is 5.92 Å². The smallest absolute Gasteiger partial charge is 0.391 e. The number of nitrogens with one attached hydrogen (secondary N) is 2. The number of β-amino-alcohol motifs (C(OH)–C–C–N with tert-alkyl or cyclic N) is 1. The Hall–Kier alpha value is -0.870. The summed E-state index contributed by atoms with van der Waals surface area (Å²) in [5, 5.41) is 12.7. The van der Waals surface area contributed by atoms with E-state index < -0.39 is 27.9 Å². The van der Waals surface area contributed by atoms with Gasteiger partial charge in [-0.1, -0.05) is 0 Å². The van der Waals surface area contributed by atoms with Crippen molar-refractivity contribution < 1.29 is 26.7 Å². The van der Waals surface area contributed by atoms with Gasteiger partial charge in [0.2, 0.25) is 10.0 Å². The predicted molar refractivity (Wildman–Crippen MR) is 80.9 cm³/mol. The SMILES string of the molecule is Cl.O=S(=O)(NC[C@@H]1CCNC[C@H]1O)c1ccc(C(F)(F)F)cc1. The molecule has 0 unspecified atom stereocenters. The Morgan fingerprint density at radius 3 is 2.39 bits per heavy atom. The lowest BCUT2D eigenvalue weighted by molar-refractivity contribution is -0.137. The maximum absolute atomic E-state index is 12.5. The van der Waals surface area contributed by atoms with Crippen LogP contribution in [0.15, 0.2) is 29.2 Å². The molecule has 0 aromatic heterocycles. The molecule has 0 spiro atoms. The Morgan fingerprint density at radius 2 is 1.87 bits per heavy atom. The van der Waals surface area contributed by atoms with Crippen LogP contribution in [0.25, 0.3) is 0 Å². The minimum atomic E-state index is -4.51. The molecule has 10 heteroatoms. The van der Waals surface area contributed by atoms with Crippen LogP contribution < -0.4 is 10.0 Å². The van der Waals surface area contributed by atoms with Crippen LogP contribution in [0.4, 0.5) is 13.2 Å². The van der Waals surface area contributed by atoms with Crippen molar-refractivity contribution >= 4 is 22.4 Å². The molecule has 0 amide bonds. The lowest BCUT2D eigenvalue weighted by Crippen LogP contribution is -2.45. The molecule has 1 heterocycles. The highest BCUT2D eigenvalue weighted by molar-refractivity contribution is 7.89. The number of rotatable bonds is 4. The number of benzene rings is 1. The summed E-state index contributed by atoms with van der Waals surface area (Å²) in [4.78, 5) is -0.232. The van der Waals surface area contributed by atoms with Crippen molar-refractivity contribution in [1.82, 2.24) is 10.0 Å². The average molecular weight is 375 g/mol. The molecule has 1 fully saturated rings. The minimum absolute atomic E-state index is 0. The van der Waals surface area contributed by atoms with Crippen molar-refractivity contribution in [3.05, 3.63) is 29.8 Å². The molecule has 0 saturated carbocycles. The third-order valence-electron chi connectivity index (χ3n) is 3.62. The number of halogens is 4. The quantitative estimate of drug-likeness (QED) is 0.744. The molecule has 0 bridgehead atoms. The summed E-state index contributed by atoms with van der Waals surface area (Å²) >= 11 is 0. The standard InChI is InChI=1S/C13H17F3N2O3S.ClH/c14-13(15,16)10-1-3-11(4-2-10)22(20,21)18-7-9-5-6-17-8-12(9)19;/h1-4,9,12,17-19H,5-8H2;1H/t9-,12+;/m0./s1. The number of piperidine rings is 1. The lowest BCUT2D eigenvalue weighted by atomic mass is 9.96. The van der Waals surface area contributed by atoms with Crippen molar-refractivity contribution in [1.29, 1.82) is 0 Å². The van der Waals surface area contributed by atoms with Crippen LogP contribution >= 0.6 is 12.4 Å². The number of aliphatic hydroxyl groups excluding tert-OH is 1. The van der Waals surface area contributed by atoms with E-state index in [1.165, 1.54) is 0 Å². The molecule has 5 nitrogen and oxygen atoms in total. The van der Waals surface area contributed by atoms with Gasteiger partial charge in [0, 0.05) is 19.0 Å². The molecule has 1 aromatic carbocycles. The van der Waals surface area contributed by atoms with Crippen LogP contribution in [-0.2, 0) is 16.2 Å². The summed E-state index contributed by atoms with van der Waals surface area (Å²) in [7, 11) is -3.89. The van der Waals surface area contributed by atoms with E-state index in [0.717, 1.165) is 24.3 Å². The van der Waals surface area contributed by atoms with E-state index in [-0.39, 0.29) is 29.8 Å². The van der Waals surface area contributed by atoms with Gasteiger partial charge < -0.3 is 10.4 Å². The summed E-state index contributed by atoms with van der Waals surface area (Å²) in [6.07, 6.45) is -4.53. The summed E-state index contributed by atoms with van der Waals surface area (Å²) in [6, 6.07) is 3.30. The lowest BCUT2D eigenvalue weighted by Gasteiger charge is -2.28. The van der Waals surface area contributed by atoms with Crippen molar-refractivity contribution in [2.45, 2.75) is 23.6 Å². The Bertz CT molecular complexity index is 608. The molecule has 1 saturated heterocycles. The molecule has 132 valence electrons. The fourth-order valence-corrected chi connectivity index (χ4v) is 3.35. The van der Waals surface area contributed by atoms with Crippen LogP contribution in [0.5, 0.6) is 0 Å². The zero-order valence-corrected chi connectivity index (χ0v) is 13.6. The highest BCUT2D eigenvalue weighted by atomic mass is 35.5. The van der Waals surface area contributed by atoms with Crippen LogP contribution in [0.3, 0.4) is 0 Å². The number of aliphatic hydroxyl groups is 1. The largest absolute Gasteiger partial charge is 0.416 e. The van der Waals surface area contributed by atoms with Gasteiger partial charge in [-0.2, -0.15) is 13.2 Å². The van der Waals surface area contributed by atoms with Crippen LogP contribution in [0.2, 0.25) is 0 Å². The van der Waals surface area contributed by atoms with Gasteiger partial charge in [-0.3, -0.25) is 0 Å². The first-order valence-electron chi connectivity index (χ1n) is 6.76. The van der Waals surface area contributed by atoms with Gasteiger partial charge in [0.1, 0.15) is 0 Å². The fourth-order valence-electron chi connectivity index (χ4n) is 2.26. The molecule has 0 radical (unpaired) electrons. The number of alkyl halides is 3. The zero-order chi connectivity index (χ0) is 16.4. The Labute approximate surface area is 138 Å². The van der Waals surface area contributed by atoms with Crippen molar-refractivity contribution in [3.63, 3.8) is 0 Å². The topological polar surface area (TPSA) is 78.4 Å².